The van der Waals surface area contributed by atoms with E-state index in [1.807, 2.05) is 68.4 Å². The summed E-state index contributed by atoms with van der Waals surface area (Å²) in [6.07, 6.45) is 0.824. The maximum atomic E-state index is 10.5. The van der Waals surface area contributed by atoms with Crippen LogP contribution < -0.4 is 9.47 Å². The van der Waals surface area contributed by atoms with Gasteiger partial charge in [-0.05, 0) is 92.1 Å². The van der Waals surface area contributed by atoms with Crippen molar-refractivity contribution in [3.8, 4) is 11.5 Å². The molecule has 1 N–H and O–H groups in total. The van der Waals surface area contributed by atoms with Gasteiger partial charge in [0.1, 0.15) is 11.5 Å². The summed E-state index contributed by atoms with van der Waals surface area (Å²) in [6, 6.07) is 28.5. The van der Waals surface area contributed by atoms with Crippen LogP contribution in [0.5, 0.6) is 11.5 Å². The van der Waals surface area contributed by atoms with Crippen molar-refractivity contribution in [2.24, 2.45) is 0 Å². The number of para-hydroxylation sites is 1. The molecule has 0 fully saturated rings. The van der Waals surface area contributed by atoms with Crippen LogP contribution in [0.2, 0.25) is 10.0 Å². The summed E-state index contributed by atoms with van der Waals surface area (Å²) < 4.78 is 12.4. The maximum absolute atomic E-state index is 10.5. The largest absolute Gasteiger partial charge is 0.494 e. The lowest BCUT2D eigenvalue weighted by Crippen LogP contribution is -1.96. The highest BCUT2D eigenvalue weighted by atomic mass is 79.9. The van der Waals surface area contributed by atoms with Crippen LogP contribution in [0, 0.1) is 0 Å². The third-order valence-electron chi connectivity index (χ3n) is 4.85. The lowest BCUT2D eigenvalue weighted by molar-refractivity contribution is 0.0697. The van der Waals surface area contributed by atoms with Crippen molar-refractivity contribution in [2.45, 2.75) is 20.3 Å². The maximum Gasteiger partial charge on any atom is 0.337 e. The van der Waals surface area contributed by atoms with E-state index in [1.54, 1.807) is 6.07 Å². The zero-order valence-corrected chi connectivity index (χ0v) is 25.6. The van der Waals surface area contributed by atoms with Crippen LogP contribution in [0.1, 0.15) is 35.3 Å². The molecule has 0 saturated carbocycles. The van der Waals surface area contributed by atoms with Gasteiger partial charge in [0.2, 0.25) is 0 Å². The summed E-state index contributed by atoms with van der Waals surface area (Å²) in [5, 5.41) is 9.63. The fraction of sp³-hybridized carbons (Fsp3) is 0.167. The zero-order chi connectivity index (χ0) is 27.9. The van der Waals surface area contributed by atoms with Gasteiger partial charge in [0, 0.05) is 14.0 Å². The summed E-state index contributed by atoms with van der Waals surface area (Å²) in [5.41, 5.74) is 2.45. The molecule has 0 unspecified atom stereocenters. The van der Waals surface area contributed by atoms with Crippen molar-refractivity contribution < 1.29 is 19.4 Å². The fourth-order valence-electron chi connectivity index (χ4n) is 3.11. The fourth-order valence-corrected chi connectivity index (χ4v) is 4.27. The minimum atomic E-state index is -1.02. The molecule has 0 aliphatic carbocycles. The van der Waals surface area contributed by atoms with Crippen molar-refractivity contribution >= 4 is 61.0 Å². The molecule has 0 amide bonds. The van der Waals surface area contributed by atoms with Gasteiger partial charge < -0.3 is 14.6 Å². The number of aromatic carboxylic acids is 1. The Morgan fingerprint density at radius 1 is 0.737 bits per heavy atom. The van der Waals surface area contributed by atoms with Crippen LogP contribution in [0.3, 0.4) is 0 Å². The molecule has 0 aliphatic heterocycles. The minimum Gasteiger partial charge on any atom is -0.494 e. The summed E-state index contributed by atoms with van der Waals surface area (Å²) in [4.78, 5) is 10.5. The van der Waals surface area contributed by atoms with Crippen molar-refractivity contribution in [3.63, 3.8) is 0 Å². The lowest BCUT2D eigenvalue weighted by atomic mass is 10.1. The molecule has 0 radical (unpaired) electrons. The molecule has 0 heterocycles. The summed E-state index contributed by atoms with van der Waals surface area (Å²) in [7, 11) is 0. The van der Waals surface area contributed by atoms with Crippen LogP contribution in [0.4, 0.5) is 0 Å². The molecule has 0 aliphatic rings. The standard InChI is InChI=1S/C15H14BrClO.C8H10O.C7H4BrClO2/c1-2-18-14-6-3-11(4-7-14)9-12-10-13(16)5-8-15(12)17;1-2-9-8-6-4-3-5-7-8;8-4-1-2-6(9)5(3-4)7(10)11/h3-8,10H,2,9H2,1H3;3-7H,2H2,1H3;1-3H,(H,10,11). The number of carbonyl (C=O) groups is 1. The molecule has 0 saturated heterocycles. The van der Waals surface area contributed by atoms with Crippen molar-refractivity contribution in [1.82, 2.24) is 0 Å². The second-order valence-corrected chi connectivity index (χ2v) is 10.3. The van der Waals surface area contributed by atoms with E-state index in [2.05, 4.69) is 50.1 Å². The van der Waals surface area contributed by atoms with Crippen molar-refractivity contribution in [2.75, 3.05) is 13.2 Å². The van der Waals surface area contributed by atoms with Gasteiger partial charge in [-0.15, -0.1) is 0 Å². The van der Waals surface area contributed by atoms with E-state index in [0.29, 0.717) is 11.1 Å². The average Bonchev–Trinajstić information content (AvgIpc) is 2.90. The van der Waals surface area contributed by atoms with Gasteiger partial charge in [-0.3, -0.25) is 0 Å². The quantitative estimate of drug-likeness (QED) is 0.211. The van der Waals surface area contributed by atoms with E-state index in [0.717, 1.165) is 39.6 Å². The van der Waals surface area contributed by atoms with Gasteiger partial charge in [0.15, 0.2) is 0 Å². The molecule has 0 bridgehead atoms. The monoisotopic (exact) mass is 680 g/mol. The van der Waals surface area contributed by atoms with Gasteiger partial charge in [0.05, 0.1) is 23.8 Å². The van der Waals surface area contributed by atoms with E-state index in [1.165, 1.54) is 17.7 Å². The number of carboxylic acid groups (broad SMARTS) is 1. The Balaban J connectivity index is 0.000000217. The Morgan fingerprint density at radius 3 is 1.79 bits per heavy atom. The van der Waals surface area contributed by atoms with Gasteiger partial charge in [0.25, 0.3) is 0 Å². The third kappa shape index (κ3) is 11.5. The minimum absolute atomic E-state index is 0.112. The Hall–Kier alpha value is -2.51. The van der Waals surface area contributed by atoms with Gasteiger partial charge in [-0.2, -0.15) is 0 Å². The van der Waals surface area contributed by atoms with E-state index >= 15 is 0 Å². The predicted octanol–water partition coefficient (Wildman–Crippen LogP) is 9.98. The molecule has 4 rings (SSSR count). The topological polar surface area (TPSA) is 55.8 Å². The van der Waals surface area contributed by atoms with Crippen LogP contribution >= 0.6 is 55.1 Å². The van der Waals surface area contributed by atoms with Crippen molar-refractivity contribution in [3.05, 3.63) is 127 Å². The molecule has 4 aromatic rings. The molecule has 0 spiro atoms. The Kier molecular flexibility index (Phi) is 14.3. The van der Waals surface area contributed by atoms with E-state index in [-0.39, 0.29) is 10.6 Å². The van der Waals surface area contributed by atoms with E-state index in [9.17, 15) is 4.79 Å². The highest BCUT2D eigenvalue weighted by molar-refractivity contribution is 9.10. The first-order valence-electron chi connectivity index (χ1n) is 11.7. The van der Waals surface area contributed by atoms with E-state index in [4.69, 9.17) is 37.8 Å². The summed E-state index contributed by atoms with van der Waals surface area (Å²) in [6.45, 7) is 5.39. The predicted molar refractivity (Wildman–Crippen MR) is 163 cm³/mol. The number of hydrogen-bond donors (Lipinski definition) is 1. The lowest BCUT2D eigenvalue weighted by Gasteiger charge is -2.07. The Morgan fingerprint density at radius 2 is 1.26 bits per heavy atom. The zero-order valence-electron chi connectivity index (χ0n) is 21.0. The highest BCUT2D eigenvalue weighted by Gasteiger charge is 2.07. The number of halogens is 4. The molecule has 0 aromatic heterocycles. The Labute approximate surface area is 250 Å². The smallest absolute Gasteiger partial charge is 0.337 e. The Bertz CT molecular complexity index is 1280. The second kappa shape index (κ2) is 17.2. The normalized spacial score (nSPS) is 9.84. The first kappa shape index (κ1) is 31.7. The first-order valence-corrected chi connectivity index (χ1v) is 14.1. The third-order valence-corrected chi connectivity index (χ3v) is 6.53. The molecular formula is C30H28Br2Cl2O4. The van der Waals surface area contributed by atoms with E-state index < -0.39 is 5.97 Å². The van der Waals surface area contributed by atoms with Gasteiger partial charge in [-0.25, -0.2) is 4.79 Å². The number of hydrogen-bond acceptors (Lipinski definition) is 3. The molecule has 200 valence electrons. The number of rotatable bonds is 7. The first-order chi connectivity index (χ1) is 18.2. The molecule has 4 aromatic carbocycles. The number of carboxylic acids is 1. The van der Waals surface area contributed by atoms with Gasteiger partial charge >= 0.3 is 5.97 Å². The van der Waals surface area contributed by atoms with Crippen LogP contribution in [-0.2, 0) is 6.42 Å². The van der Waals surface area contributed by atoms with Crippen LogP contribution in [-0.4, -0.2) is 24.3 Å². The van der Waals surface area contributed by atoms with Gasteiger partial charge in [-0.1, -0.05) is 85.4 Å². The van der Waals surface area contributed by atoms with Crippen LogP contribution in [0.25, 0.3) is 0 Å². The summed E-state index contributed by atoms with van der Waals surface area (Å²) in [5.74, 6) is 0.831. The number of ether oxygens (including phenoxy) is 2. The second-order valence-electron chi connectivity index (χ2n) is 7.66. The summed E-state index contributed by atoms with van der Waals surface area (Å²) >= 11 is 18.4. The van der Waals surface area contributed by atoms with Crippen molar-refractivity contribution in [1.29, 1.82) is 0 Å². The van der Waals surface area contributed by atoms with Crippen LogP contribution in [0.15, 0.2) is 99.9 Å². The molecule has 0 atom stereocenters. The molecule has 4 nitrogen and oxygen atoms in total. The molecule has 38 heavy (non-hydrogen) atoms. The number of benzene rings is 4. The average molecular weight is 683 g/mol. The highest BCUT2D eigenvalue weighted by Crippen LogP contribution is 2.24. The SMILES string of the molecule is CCOc1ccc(Cc2cc(Br)ccc2Cl)cc1.CCOc1ccccc1.O=C(O)c1cc(Br)ccc1Cl. The molecular weight excluding hydrogens is 655 g/mol. The molecule has 8 heteroatoms.